The predicted octanol–water partition coefficient (Wildman–Crippen LogP) is 1.41. The zero-order chi connectivity index (χ0) is 14.1. The number of nitrogens with one attached hydrogen (secondary N) is 1. The molecule has 0 bridgehead atoms. The summed E-state index contributed by atoms with van der Waals surface area (Å²) in [6.07, 6.45) is 4.27. The summed E-state index contributed by atoms with van der Waals surface area (Å²) in [5.41, 5.74) is 2.76. The van der Waals surface area contributed by atoms with Gasteiger partial charge in [-0.05, 0) is 25.1 Å². The fourth-order valence-corrected chi connectivity index (χ4v) is 2.33. The molecule has 102 valence electrons. The van der Waals surface area contributed by atoms with Crippen molar-refractivity contribution in [3.05, 3.63) is 52.5 Å². The summed E-state index contributed by atoms with van der Waals surface area (Å²) < 4.78 is 3.60. The Hall–Kier alpha value is -2.63. The lowest BCUT2D eigenvalue weighted by atomic mass is 10.2. The molecular weight excluding hydrogens is 256 g/mol. The van der Waals surface area contributed by atoms with Crippen LogP contribution >= 0.6 is 0 Å². The number of aromatic amines is 1. The highest BCUT2D eigenvalue weighted by Crippen LogP contribution is 2.13. The summed E-state index contributed by atoms with van der Waals surface area (Å²) in [7, 11) is 0. The number of fused-ring (bicyclic) bond motifs is 1. The number of aromatic nitrogens is 4. The number of rotatable bonds is 4. The first-order valence-electron chi connectivity index (χ1n) is 6.39. The summed E-state index contributed by atoms with van der Waals surface area (Å²) in [6, 6.07) is 5.15. The second kappa shape index (κ2) is 4.80. The summed E-state index contributed by atoms with van der Waals surface area (Å²) >= 11 is 0. The Morgan fingerprint density at radius 2 is 2.25 bits per heavy atom. The third-order valence-electron chi connectivity index (χ3n) is 3.39. The lowest BCUT2D eigenvalue weighted by Gasteiger charge is -2.06. The average Bonchev–Trinajstić information content (AvgIpc) is 3.03. The number of imidazole rings is 2. The molecule has 0 saturated carbocycles. The Bertz CT molecular complexity index is 825. The molecule has 0 aliphatic carbocycles. The molecule has 3 aromatic rings. The van der Waals surface area contributed by atoms with E-state index in [-0.39, 0.29) is 5.69 Å². The molecule has 0 unspecified atom stereocenters. The topological polar surface area (TPSA) is 72.7 Å². The monoisotopic (exact) mass is 270 g/mol. The fourth-order valence-electron chi connectivity index (χ4n) is 2.33. The Kier molecular flexibility index (Phi) is 2.98. The van der Waals surface area contributed by atoms with E-state index in [9.17, 15) is 9.59 Å². The molecule has 0 saturated heterocycles. The van der Waals surface area contributed by atoms with Crippen LogP contribution in [0.1, 0.15) is 23.0 Å². The first-order chi connectivity index (χ1) is 9.72. The maximum atomic E-state index is 12.1. The third kappa shape index (κ3) is 1.95. The molecule has 0 spiro atoms. The van der Waals surface area contributed by atoms with Crippen molar-refractivity contribution in [2.75, 3.05) is 0 Å². The van der Waals surface area contributed by atoms with Crippen LogP contribution in [0.4, 0.5) is 0 Å². The van der Waals surface area contributed by atoms with E-state index in [1.54, 1.807) is 35.3 Å². The Labute approximate surface area is 114 Å². The van der Waals surface area contributed by atoms with Crippen LogP contribution in [0.25, 0.3) is 11.0 Å². The molecular formula is C14H14N4O2. The van der Waals surface area contributed by atoms with Gasteiger partial charge in [0.15, 0.2) is 0 Å². The second-order valence-electron chi connectivity index (χ2n) is 4.58. The van der Waals surface area contributed by atoms with Crippen LogP contribution < -0.4 is 5.69 Å². The normalized spacial score (nSPS) is 11.1. The molecule has 0 aliphatic rings. The first kappa shape index (κ1) is 12.4. The summed E-state index contributed by atoms with van der Waals surface area (Å²) in [6.45, 7) is 3.24. The van der Waals surface area contributed by atoms with Gasteiger partial charge in [-0.15, -0.1) is 0 Å². The van der Waals surface area contributed by atoms with Gasteiger partial charge in [0.1, 0.15) is 6.29 Å². The summed E-state index contributed by atoms with van der Waals surface area (Å²) in [5.74, 6) is 0. The number of aryl methyl sites for hydroxylation is 1. The molecule has 3 rings (SSSR count). The number of aldehydes is 1. The lowest BCUT2D eigenvalue weighted by molar-refractivity contribution is 0.112. The van der Waals surface area contributed by atoms with Crippen LogP contribution in [0.15, 0.2) is 35.5 Å². The Balaban J connectivity index is 2.13. The molecule has 0 atom stereocenters. The number of carbonyl (C=O) groups is 1. The van der Waals surface area contributed by atoms with Crippen molar-refractivity contribution in [2.24, 2.45) is 0 Å². The van der Waals surface area contributed by atoms with Gasteiger partial charge >= 0.3 is 5.69 Å². The Morgan fingerprint density at radius 1 is 1.40 bits per heavy atom. The molecule has 1 aromatic carbocycles. The third-order valence-corrected chi connectivity index (χ3v) is 3.39. The minimum Gasteiger partial charge on any atom is -0.333 e. The number of nitrogens with zero attached hydrogens (tertiary/aromatic N) is 3. The summed E-state index contributed by atoms with van der Waals surface area (Å²) in [5, 5.41) is 0. The molecule has 0 radical (unpaired) electrons. The van der Waals surface area contributed by atoms with Crippen molar-refractivity contribution in [3.8, 4) is 0 Å². The predicted molar refractivity (Wildman–Crippen MR) is 74.9 cm³/mol. The van der Waals surface area contributed by atoms with E-state index in [2.05, 4.69) is 9.97 Å². The molecule has 0 fully saturated rings. The van der Waals surface area contributed by atoms with Gasteiger partial charge in [0.05, 0.1) is 29.6 Å². The van der Waals surface area contributed by atoms with E-state index in [1.165, 1.54) is 0 Å². The number of hydrogen-bond donors (Lipinski definition) is 1. The SMILES string of the molecule is CCn1cncc1Cn1c(=O)[nH]c2ccc(C=O)cc21. The maximum absolute atomic E-state index is 12.1. The highest BCUT2D eigenvalue weighted by molar-refractivity contribution is 5.84. The lowest BCUT2D eigenvalue weighted by Crippen LogP contribution is -2.19. The number of carbonyl (C=O) groups excluding carboxylic acids is 1. The zero-order valence-corrected chi connectivity index (χ0v) is 11.0. The average molecular weight is 270 g/mol. The molecule has 2 heterocycles. The van der Waals surface area contributed by atoms with E-state index in [0.29, 0.717) is 12.1 Å². The molecule has 20 heavy (non-hydrogen) atoms. The highest BCUT2D eigenvalue weighted by atomic mass is 16.1. The van der Waals surface area contributed by atoms with Crippen molar-refractivity contribution in [3.63, 3.8) is 0 Å². The van der Waals surface area contributed by atoms with Gasteiger partial charge in [-0.2, -0.15) is 0 Å². The van der Waals surface area contributed by atoms with Crippen LogP contribution in [-0.4, -0.2) is 25.4 Å². The molecule has 6 heteroatoms. The van der Waals surface area contributed by atoms with Gasteiger partial charge in [0.2, 0.25) is 0 Å². The molecule has 2 aromatic heterocycles. The van der Waals surface area contributed by atoms with Crippen molar-refractivity contribution < 1.29 is 4.79 Å². The van der Waals surface area contributed by atoms with Crippen LogP contribution in [0.2, 0.25) is 0 Å². The van der Waals surface area contributed by atoms with Crippen LogP contribution in [0.5, 0.6) is 0 Å². The van der Waals surface area contributed by atoms with Crippen LogP contribution in [-0.2, 0) is 13.1 Å². The van der Waals surface area contributed by atoms with Gasteiger partial charge in [0.25, 0.3) is 0 Å². The largest absolute Gasteiger partial charge is 0.333 e. The van der Waals surface area contributed by atoms with Gasteiger partial charge in [-0.25, -0.2) is 9.78 Å². The highest BCUT2D eigenvalue weighted by Gasteiger charge is 2.10. The van der Waals surface area contributed by atoms with Crippen molar-refractivity contribution in [1.82, 2.24) is 19.1 Å². The second-order valence-corrected chi connectivity index (χ2v) is 4.58. The van der Waals surface area contributed by atoms with Crippen LogP contribution in [0.3, 0.4) is 0 Å². The quantitative estimate of drug-likeness (QED) is 0.728. The molecule has 6 nitrogen and oxygen atoms in total. The fraction of sp³-hybridized carbons (Fsp3) is 0.214. The van der Waals surface area contributed by atoms with Gasteiger partial charge in [0, 0.05) is 18.3 Å². The van der Waals surface area contributed by atoms with Gasteiger partial charge in [-0.3, -0.25) is 9.36 Å². The van der Waals surface area contributed by atoms with Gasteiger partial charge < -0.3 is 9.55 Å². The molecule has 0 aliphatic heterocycles. The molecule has 0 amide bonds. The van der Waals surface area contributed by atoms with Crippen LogP contribution in [0, 0.1) is 0 Å². The van der Waals surface area contributed by atoms with Crippen molar-refractivity contribution >= 4 is 17.3 Å². The smallest absolute Gasteiger partial charge is 0.326 e. The Morgan fingerprint density at radius 3 is 3.00 bits per heavy atom. The minimum absolute atomic E-state index is 0.188. The maximum Gasteiger partial charge on any atom is 0.326 e. The standard InChI is InChI=1S/C14H14N4O2/c1-2-17-9-15-6-11(17)7-18-13-5-10(8-19)3-4-12(13)16-14(18)20/h3-6,8-9H,2,7H2,1H3,(H,16,20). The molecule has 1 N–H and O–H groups in total. The van der Waals surface area contributed by atoms with Crippen molar-refractivity contribution in [1.29, 1.82) is 0 Å². The van der Waals surface area contributed by atoms with E-state index in [4.69, 9.17) is 0 Å². The zero-order valence-electron chi connectivity index (χ0n) is 11.0. The van der Waals surface area contributed by atoms with Crippen molar-refractivity contribution in [2.45, 2.75) is 20.0 Å². The van der Waals surface area contributed by atoms with E-state index >= 15 is 0 Å². The summed E-state index contributed by atoms with van der Waals surface area (Å²) in [4.78, 5) is 29.8. The number of hydrogen-bond acceptors (Lipinski definition) is 3. The van der Waals surface area contributed by atoms with E-state index in [0.717, 1.165) is 29.6 Å². The number of H-pyrrole nitrogens is 1. The van der Waals surface area contributed by atoms with Gasteiger partial charge in [-0.1, -0.05) is 0 Å². The minimum atomic E-state index is -0.188. The first-order valence-corrected chi connectivity index (χ1v) is 6.39. The number of benzene rings is 1. The van der Waals surface area contributed by atoms with E-state index < -0.39 is 0 Å². The van der Waals surface area contributed by atoms with E-state index in [1.807, 2.05) is 11.5 Å².